The Bertz CT molecular complexity index is 774. The van der Waals surface area contributed by atoms with Gasteiger partial charge in [0.25, 0.3) is 6.08 Å². The van der Waals surface area contributed by atoms with Crippen molar-refractivity contribution >= 4 is 16.3 Å². The number of hydrogen-bond acceptors (Lipinski definition) is 6. The highest BCUT2D eigenvalue weighted by Gasteiger charge is 2.35. The topological polar surface area (TPSA) is 129 Å². The molecule has 12 heteroatoms. The van der Waals surface area contributed by atoms with E-state index in [1.165, 1.54) is 12.1 Å². The molecule has 1 rings (SSSR count). The van der Waals surface area contributed by atoms with Crippen molar-refractivity contribution in [3.63, 3.8) is 0 Å². The van der Waals surface area contributed by atoms with Crippen LogP contribution in [0.4, 0.5) is 13.2 Å². The predicted octanol–water partition coefficient (Wildman–Crippen LogP) is 0.160. The van der Waals surface area contributed by atoms with Crippen molar-refractivity contribution in [3.05, 3.63) is 17.2 Å². The lowest BCUT2D eigenvalue weighted by Gasteiger charge is -2.07. The zero-order valence-electron chi connectivity index (χ0n) is 9.21. The highest BCUT2D eigenvalue weighted by molar-refractivity contribution is 7.88. The normalized spacial score (nSPS) is 11.2. The van der Waals surface area contributed by atoms with Gasteiger partial charge in [-0.2, -0.15) is 36.1 Å². The van der Waals surface area contributed by atoms with E-state index >= 15 is 0 Å². The second-order valence-corrected chi connectivity index (χ2v) is 4.61. The summed E-state index contributed by atoms with van der Waals surface area (Å²) in [5.74, 6) is -1.15. The minimum absolute atomic E-state index is 0.204. The van der Waals surface area contributed by atoms with Gasteiger partial charge in [-0.05, 0) is 0 Å². The second kappa shape index (κ2) is 5.13. The molecule has 1 aromatic rings. The van der Waals surface area contributed by atoms with Crippen LogP contribution in [-0.2, 0) is 21.4 Å². The number of alkyl halides is 3. The number of imidazole rings is 1. The van der Waals surface area contributed by atoms with Gasteiger partial charge in [-0.15, -0.1) is 0 Å². The molecule has 1 aromatic heterocycles. The van der Waals surface area contributed by atoms with Gasteiger partial charge in [-0.3, -0.25) is 0 Å². The van der Waals surface area contributed by atoms with Crippen LogP contribution >= 0.6 is 0 Å². The molecule has 0 saturated heterocycles. The molecule has 0 atom stereocenters. The largest absolute Gasteiger partial charge is 0.396 e. The predicted molar refractivity (Wildman–Crippen MR) is 53.9 cm³/mol. The van der Waals surface area contributed by atoms with Crippen LogP contribution in [0.2, 0.25) is 0 Å². The molecule has 0 amide bonds. The summed E-state index contributed by atoms with van der Waals surface area (Å²) >= 11 is 0. The Hall–Kier alpha value is -2.69. The van der Waals surface area contributed by atoms with Gasteiger partial charge in [0.05, 0.1) is 0 Å². The van der Waals surface area contributed by atoms with Crippen molar-refractivity contribution < 1.29 is 26.4 Å². The van der Waals surface area contributed by atoms with Gasteiger partial charge >= 0.3 is 16.4 Å². The number of isocyanates is 1. The van der Waals surface area contributed by atoms with E-state index in [1.807, 2.05) is 0 Å². The molecule has 0 saturated carbocycles. The Balaban J connectivity index is 3.72. The average molecular weight is 305 g/mol. The van der Waals surface area contributed by atoms with Gasteiger partial charge in [0.15, 0.2) is 11.4 Å². The third-order valence-corrected chi connectivity index (χ3v) is 3.02. The van der Waals surface area contributed by atoms with E-state index in [1.54, 1.807) is 0 Å². The molecule has 104 valence electrons. The van der Waals surface area contributed by atoms with E-state index in [9.17, 15) is 26.4 Å². The summed E-state index contributed by atoms with van der Waals surface area (Å²) in [6, 6.07) is 2.51. The van der Waals surface area contributed by atoms with E-state index in [-0.39, 0.29) is 3.97 Å². The van der Waals surface area contributed by atoms with Gasteiger partial charge < -0.3 is 0 Å². The van der Waals surface area contributed by atoms with Crippen molar-refractivity contribution in [2.45, 2.75) is 12.6 Å². The molecule has 0 aromatic carbocycles. The maximum absolute atomic E-state index is 12.3. The quantitative estimate of drug-likeness (QED) is 0.577. The van der Waals surface area contributed by atoms with Crippen LogP contribution in [-0.4, -0.2) is 29.6 Å². The maximum Gasteiger partial charge on any atom is 0.396 e. The van der Waals surface area contributed by atoms with Crippen LogP contribution in [0.1, 0.15) is 17.2 Å². The third-order valence-electron chi connectivity index (χ3n) is 1.86. The number of rotatable bonds is 3. The fraction of sp³-hybridized carbons (Fsp3) is 0.250. The SMILES string of the molecule is N#Cc1nc(CC(F)(F)F)n(S(=O)(=O)N=C=O)c1C#N. The monoisotopic (exact) mass is 305 g/mol. The first-order valence-corrected chi connectivity index (χ1v) is 5.89. The number of nitriles is 2. The maximum atomic E-state index is 12.3. The minimum atomic E-state index is -4.96. The van der Waals surface area contributed by atoms with Crippen molar-refractivity contribution in [2.75, 3.05) is 0 Å². The Morgan fingerprint density at radius 1 is 1.30 bits per heavy atom. The standard InChI is InChI=1S/C8H2F3N5O3S/c9-8(10,11)1-7-15-5(2-12)6(3-13)16(7)20(18,19)14-4-17/h1H2. The third kappa shape index (κ3) is 3.00. The summed E-state index contributed by atoms with van der Waals surface area (Å²) in [5, 5.41) is 17.3. The zero-order valence-corrected chi connectivity index (χ0v) is 10.0. The number of aromatic nitrogens is 2. The van der Waals surface area contributed by atoms with Crippen molar-refractivity contribution in [3.8, 4) is 12.1 Å². The summed E-state index contributed by atoms with van der Waals surface area (Å²) in [5.41, 5.74) is -1.79. The first-order chi connectivity index (χ1) is 9.16. The van der Waals surface area contributed by atoms with Gasteiger partial charge in [-0.1, -0.05) is 4.40 Å². The number of nitrogens with zero attached hydrogens (tertiary/aromatic N) is 5. The average Bonchev–Trinajstić information content (AvgIpc) is 2.64. The Kier molecular flexibility index (Phi) is 3.94. The molecule has 0 fully saturated rings. The summed E-state index contributed by atoms with van der Waals surface area (Å²) in [4.78, 5) is 13.1. The number of hydrogen-bond donors (Lipinski definition) is 0. The lowest BCUT2D eigenvalue weighted by atomic mass is 10.4. The Morgan fingerprint density at radius 2 is 1.90 bits per heavy atom. The molecule has 0 unspecified atom stereocenters. The van der Waals surface area contributed by atoms with E-state index in [2.05, 4.69) is 9.38 Å². The molecule has 20 heavy (non-hydrogen) atoms. The first-order valence-electron chi connectivity index (χ1n) is 4.49. The lowest BCUT2D eigenvalue weighted by molar-refractivity contribution is -0.128. The smallest absolute Gasteiger partial charge is 0.219 e. The van der Waals surface area contributed by atoms with Crippen LogP contribution in [0.15, 0.2) is 4.40 Å². The fourth-order valence-corrected chi connectivity index (χ4v) is 2.16. The molecule has 0 spiro atoms. The molecular weight excluding hydrogens is 303 g/mol. The molecule has 8 nitrogen and oxygen atoms in total. The molecule has 0 radical (unpaired) electrons. The Morgan fingerprint density at radius 3 is 2.30 bits per heavy atom. The van der Waals surface area contributed by atoms with Gasteiger partial charge in [0.2, 0.25) is 0 Å². The van der Waals surface area contributed by atoms with Crippen LogP contribution in [0.3, 0.4) is 0 Å². The Labute approximate surface area is 109 Å². The van der Waals surface area contributed by atoms with Gasteiger partial charge in [0.1, 0.15) is 24.4 Å². The van der Waals surface area contributed by atoms with E-state index in [0.717, 1.165) is 0 Å². The zero-order chi connectivity index (χ0) is 15.6. The van der Waals surface area contributed by atoms with Crippen molar-refractivity contribution in [2.24, 2.45) is 4.40 Å². The van der Waals surface area contributed by atoms with Crippen molar-refractivity contribution in [1.29, 1.82) is 10.5 Å². The summed E-state index contributed by atoms with van der Waals surface area (Å²) in [6.45, 7) is 0. The van der Waals surface area contributed by atoms with Gasteiger partial charge in [0, 0.05) is 0 Å². The molecule has 0 N–H and O–H groups in total. The van der Waals surface area contributed by atoms with E-state index in [4.69, 9.17) is 10.5 Å². The van der Waals surface area contributed by atoms with Crippen LogP contribution in [0.25, 0.3) is 0 Å². The molecule has 1 heterocycles. The highest BCUT2D eigenvalue weighted by Crippen LogP contribution is 2.24. The van der Waals surface area contributed by atoms with Crippen LogP contribution in [0.5, 0.6) is 0 Å². The van der Waals surface area contributed by atoms with E-state index in [0.29, 0.717) is 6.08 Å². The molecular formula is C8H2F3N5O3S. The minimum Gasteiger partial charge on any atom is -0.219 e. The highest BCUT2D eigenvalue weighted by atomic mass is 32.2. The number of halogens is 3. The fourth-order valence-electron chi connectivity index (χ4n) is 1.26. The van der Waals surface area contributed by atoms with Crippen LogP contribution in [0, 0.1) is 22.7 Å². The van der Waals surface area contributed by atoms with Gasteiger partial charge in [-0.25, -0.2) is 9.78 Å². The molecule has 0 aliphatic heterocycles. The summed E-state index contributed by atoms with van der Waals surface area (Å²) in [6.07, 6.45) is -6.03. The van der Waals surface area contributed by atoms with Crippen LogP contribution < -0.4 is 0 Å². The molecule has 0 bridgehead atoms. The second-order valence-electron chi connectivity index (χ2n) is 3.17. The molecule has 0 aliphatic carbocycles. The van der Waals surface area contributed by atoms with E-state index < -0.39 is 40.0 Å². The summed E-state index contributed by atoms with van der Waals surface area (Å²) < 4.78 is 62.1. The molecule has 0 aliphatic rings. The first kappa shape index (κ1) is 15.4. The number of carbonyl (C=O) groups excluding carboxylic acids is 1. The summed E-state index contributed by atoms with van der Waals surface area (Å²) in [7, 11) is -4.96. The lowest BCUT2D eigenvalue weighted by Crippen LogP contribution is -2.20. The van der Waals surface area contributed by atoms with Crippen molar-refractivity contribution in [1.82, 2.24) is 8.96 Å².